The fourth-order valence-electron chi connectivity index (χ4n) is 1.34. The van der Waals surface area contributed by atoms with Crippen LogP contribution in [0.25, 0.3) is 0 Å². The highest BCUT2D eigenvalue weighted by Gasteiger charge is 2.11. The molecule has 94 valence electrons. The highest BCUT2D eigenvalue weighted by atomic mass is 35.7. The van der Waals surface area contributed by atoms with Crippen molar-refractivity contribution in [3.8, 4) is 5.75 Å². The third-order valence-electron chi connectivity index (χ3n) is 2.21. The van der Waals surface area contributed by atoms with E-state index in [9.17, 15) is 8.42 Å². The largest absolute Gasteiger partial charge is 0.487 e. The molecule has 18 heavy (non-hydrogen) atoms. The van der Waals surface area contributed by atoms with E-state index in [1.807, 2.05) is 30.3 Å². The van der Waals surface area contributed by atoms with E-state index in [0.29, 0.717) is 12.4 Å². The molecular formula is C12H10ClNO3S. The summed E-state index contributed by atoms with van der Waals surface area (Å²) in [6, 6.07) is 12.5. The zero-order valence-electron chi connectivity index (χ0n) is 9.28. The Morgan fingerprint density at radius 3 is 2.39 bits per heavy atom. The van der Waals surface area contributed by atoms with Crippen LogP contribution in [0.2, 0.25) is 0 Å². The van der Waals surface area contributed by atoms with Gasteiger partial charge in [0, 0.05) is 10.7 Å². The summed E-state index contributed by atoms with van der Waals surface area (Å²) in [5.41, 5.74) is 1.02. The van der Waals surface area contributed by atoms with Crippen molar-refractivity contribution in [3.63, 3.8) is 0 Å². The first-order chi connectivity index (χ1) is 8.55. The number of pyridine rings is 1. The van der Waals surface area contributed by atoms with Gasteiger partial charge in [0.25, 0.3) is 9.05 Å². The molecule has 1 aromatic carbocycles. The normalized spacial score (nSPS) is 11.2. The van der Waals surface area contributed by atoms with Crippen molar-refractivity contribution in [2.45, 2.75) is 11.6 Å². The van der Waals surface area contributed by atoms with Crippen LogP contribution >= 0.6 is 10.7 Å². The Bertz CT molecular complexity index is 612. The maximum atomic E-state index is 11.0. The van der Waals surface area contributed by atoms with E-state index >= 15 is 0 Å². The molecule has 6 heteroatoms. The van der Waals surface area contributed by atoms with E-state index in [4.69, 9.17) is 15.4 Å². The van der Waals surface area contributed by atoms with Gasteiger partial charge in [0.1, 0.15) is 12.4 Å². The highest BCUT2D eigenvalue weighted by Crippen LogP contribution is 2.16. The first-order valence-electron chi connectivity index (χ1n) is 5.13. The average Bonchev–Trinajstić information content (AvgIpc) is 2.37. The van der Waals surface area contributed by atoms with Gasteiger partial charge in [0.05, 0.1) is 6.20 Å². The van der Waals surface area contributed by atoms with Gasteiger partial charge < -0.3 is 4.74 Å². The lowest BCUT2D eigenvalue weighted by Crippen LogP contribution is -1.98. The smallest absolute Gasteiger partial charge is 0.278 e. The van der Waals surface area contributed by atoms with Gasteiger partial charge in [-0.3, -0.25) is 0 Å². The first kappa shape index (κ1) is 12.9. The van der Waals surface area contributed by atoms with Gasteiger partial charge in [0.2, 0.25) is 0 Å². The van der Waals surface area contributed by atoms with Crippen molar-refractivity contribution >= 4 is 19.7 Å². The fourth-order valence-corrected chi connectivity index (χ4v) is 2.02. The van der Waals surface area contributed by atoms with Gasteiger partial charge in [0.15, 0.2) is 5.03 Å². The Morgan fingerprint density at radius 1 is 1.11 bits per heavy atom. The summed E-state index contributed by atoms with van der Waals surface area (Å²) in [6.45, 7) is 0.398. The molecule has 1 aromatic heterocycles. The van der Waals surface area contributed by atoms with Crippen molar-refractivity contribution in [3.05, 3.63) is 54.2 Å². The minimum Gasteiger partial charge on any atom is -0.487 e. The lowest BCUT2D eigenvalue weighted by molar-refractivity contribution is 0.304. The number of nitrogens with zero attached hydrogens (tertiary/aromatic N) is 1. The summed E-state index contributed by atoms with van der Waals surface area (Å²) in [7, 11) is 1.37. The second kappa shape index (κ2) is 5.37. The molecule has 1 heterocycles. The van der Waals surface area contributed by atoms with Gasteiger partial charge >= 0.3 is 0 Å². The van der Waals surface area contributed by atoms with Crippen LogP contribution in [0, 0.1) is 0 Å². The molecule has 0 aliphatic carbocycles. The van der Waals surface area contributed by atoms with Gasteiger partial charge in [-0.2, -0.15) is 0 Å². The molecular weight excluding hydrogens is 274 g/mol. The van der Waals surface area contributed by atoms with E-state index < -0.39 is 9.05 Å². The predicted octanol–water partition coefficient (Wildman–Crippen LogP) is 2.59. The van der Waals surface area contributed by atoms with Gasteiger partial charge in [-0.25, -0.2) is 13.4 Å². The van der Waals surface area contributed by atoms with Crippen molar-refractivity contribution in [1.29, 1.82) is 0 Å². The molecule has 0 radical (unpaired) electrons. The Kier molecular flexibility index (Phi) is 3.84. The number of halogens is 1. The lowest BCUT2D eigenvalue weighted by Gasteiger charge is -2.05. The Morgan fingerprint density at radius 2 is 1.83 bits per heavy atom. The number of rotatable bonds is 4. The maximum Gasteiger partial charge on any atom is 0.278 e. The molecule has 4 nitrogen and oxygen atoms in total. The van der Waals surface area contributed by atoms with Crippen LogP contribution in [-0.2, 0) is 15.7 Å². The molecule has 0 unspecified atom stereocenters. The molecule has 0 aliphatic heterocycles. The minimum atomic E-state index is -3.78. The van der Waals surface area contributed by atoms with Crippen LogP contribution < -0.4 is 4.74 Å². The monoisotopic (exact) mass is 283 g/mol. The molecule has 0 aliphatic rings. The summed E-state index contributed by atoms with van der Waals surface area (Å²) in [5.74, 6) is 0.489. The minimum absolute atomic E-state index is 0.184. The van der Waals surface area contributed by atoms with Crippen LogP contribution in [0.15, 0.2) is 53.7 Å². The van der Waals surface area contributed by atoms with Gasteiger partial charge in [-0.15, -0.1) is 0 Å². The molecule has 0 spiro atoms. The average molecular weight is 284 g/mol. The topological polar surface area (TPSA) is 56.3 Å². The third kappa shape index (κ3) is 3.45. The number of benzene rings is 1. The molecule has 2 rings (SSSR count). The summed E-state index contributed by atoms with van der Waals surface area (Å²) in [4.78, 5) is 3.72. The zero-order valence-corrected chi connectivity index (χ0v) is 10.9. The molecule has 0 amide bonds. The number of hydrogen-bond acceptors (Lipinski definition) is 4. The van der Waals surface area contributed by atoms with E-state index in [-0.39, 0.29) is 5.03 Å². The lowest BCUT2D eigenvalue weighted by atomic mass is 10.2. The van der Waals surface area contributed by atoms with E-state index in [2.05, 4.69) is 4.98 Å². The van der Waals surface area contributed by atoms with E-state index in [0.717, 1.165) is 5.56 Å². The van der Waals surface area contributed by atoms with Gasteiger partial charge in [-0.05, 0) is 17.7 Å². The fraction of sp³-hybridized carbons (Fsp3) is 0.0833. The van der Waals surface area contributed by atoms with Crippen LogP contribution in [0.5, 0.6) is 5.75 Å². The summed E-state index contributed by atoms with van der Waals surface area (Å²) in [5, 5.41) is -0.184. The summed E-state index contributed by atoms with van der Waals surface area (Å²) < 4.78 is 27.4. The molecule has 0 bridgehead atoms. The van der Waals surface area contributed by atoms with Crippen LogP contribution in [0.4, 0.5) is 0 Å². The first-order valence-corrected chi connectivity index (χ1v) is 7.44. The standard InChI is InChI=1S/C12H10ClNO3S/c13-18(15,16)12-7-6-11(8-14-12)17-9-10-4-2-1-3-5-10/h1-8H,9H2. The molecule has 0 saturated carbocycles. The maximum absolute atomic E-state index is 11.0. The number of ether oxygens (including phenoxy) is 1. The zero-order chi connectivity index (χ0) is 13.0. The Balaban J connectivity index is 2.03. The van der Waals surface area contributed by atoms with Crippen LogP contribution in [-0.4, -0.2) is 13.4 Å². The third-order valence-corrected chi connectivity index (χ3v) is 3.42. The van der Waals surface area contributed by atoms with Crippen molar-refractivity contribution < 1.29 is 13.2 Å². The predicted molar refractivity (Wildman–Crippen MR) is 68.0 cm³/mol. The van der Waals surface area contributed by atoms with Crippen molar-refractivity contribution in [2.75, 3.05) is 0 Å². The molecule has 0 fully saturated rings. The summed E-state index contributed by atoms with van der Waals surface area (Å²) in [6.07, 6.45) is 1.33. The van der Waals surface area contributed by atoms with Crippen molar-refractivity contribution in [2.24, 2.45) is 0 Å². The number of hydrogen-bond donors (Lipinski definition) is 0. The number of aromatic nitrogens is 1. The molecule has 2 aromatic rings. The van der Waals surface area contributed by atoms with Gasteiger partial charge in [-0.1, -0.05) is 30.3 Å². The van der Waals surface area contributed by atoms with Crippen molar-refractivity contribution in [1.82, 2.24) is 4.98 Å². The Labute approximate surface area is 110 Å². The van der Waals surface area contributed by atoms with E-state index in [1.54, 1.807) is 0 Å². The second-order valence-corrected chi connectivity index (χ2v) is 6.06. The quantitative estimate of drug-likeness (QED) is 0.809. The molecule has 0 atom stereocenters. The van der Waals surface area contributed by atoms with Crippen LogP contribution in [0.1, 0.15) is 5.56 Å². The molecule has 0 saturated heterocycles. The summed E-state index contributed by atoms with van der Waals surface area (Å²) >= 11 is 0. The van der Waals surface area contributed by atoms with Crippen LogP contribution in [0.3, 0.4) is 0 Å². The van der Waals surface area contributed by atoms with E-state index in [1.165, 1.54) is 18.3 Å². The second-order valence-electron chi connectivity index (χ2n) is 3.54. The SMILES string of the molecule is O=S(=O)(Cl)c1ccc(OCc2ccccc2)cn1. The highest BCUT2D eigenvalue weighted by molar-refractivity contribution is 8.13. The molecule has 0 N–H and O–H groups in total. The Hall–Kier alpha value is -1.59.